The zero-order valence-electron chi connectivity index (χ0n) is 12.1. The quantitative estimate of drug-likeness (QED) is 0.901. The van der Waals surface area contributed by atoms with Gasteiger partial charge in [0.25, 0.3) is 0 Å². The number of aromatic nitrogens is 2. The van der Waals surface area contributed by atoms with Crippen LogP contribution in [0.3, 0.4) is 0 Å². The molecule has 7 heteroatoms. The van der Waals surface area contributed by atoms with E-state index in [9.17, 15) is 9.90 Å². The fourth-order valence-electron chi connectivity index (χ4n) is 2.86. The average Bonchev–Trinajstić information content (AvgIpc) is 3.01. The Labute approximate surface area is 126 Å². The summed E-state index contributed by atoms with van der Waals surface area (Å²) in [5.41, 5.74) is 0.741. The summed E-state index contributed by atoms with van der Waals surface area (Å²) in [6.07, 6.45) is 3.90. The van der Waals surface area contributed by atoms with Crippen LogP contribution in [0.5, 0.6) is 0 Å². The van der Waals surface area contributed by atoms with E-state index in [1.165, 1.54) is 30.5 Å². The molecule has 1 fully saturated rings. The zero-order valence-corrected chi connectivity index (χ0v) is 12.9. The molecule has 0 spiro atoms. The Morgan fingerprint density at radius 2 is 2.38 bits per heavy atom. The smallest absolute Gasteiger partial charge is 0.346 e. The van der Waals surface area contributed by atoms with Crippen LogP contribution in [0.2, 0.25) is 0 Å². The minimum atomic E-state index is -0.906. The largest absolute Gasteiger partial charge is 0.477 e. The molecular weight excluding hydrogens is 288 g/mol. The summed E-state index contributed by atoms with van der Waals surface area (Å²) in [5, 5.41) is 13.4. The molecule has 0 aromatic carbocycles. The molecule has 1 atom stereocenters. The number of hydrogen-bond donors (Lipinski definition) is 2. The number of likely N-dealkylation sites (N-methyl/N-ethyl adjacent to an activating group) is 1. The number of rotatable bonds is 4. The number of fused-ring (bicyclic) bond motifs is 1. The first-order valence-corrected chi connectivity index (χ1v) is 7.81. The maximum Gasteiger partial charge on any atom is 0.346 e. The number of hydrogen-bond acceptors (Lipinski definition) is 6. The van der Waals surface area contributed by atoms with Gasteiger partial charge in [-0.2, -0.15) is 0 Å². The summed E-state index contributed by atoms with van der Waals surface area (Å²) < 4.78 is 0. The van der Waals surface area contributed by atoms with Gasteiger partial charge in [0.2, 0.25) is 0 Å². The maximum absolute atomic E-state index is 11.2. The number of aryl methyl sites for hydroxylation is 1. The van der Waals surface area contributed by atoms with Crippen molar-refractivity contribution >= 4 is 33.3 Å². The van der Waals surface area contributed by atoms with Crippen molar-refractivity contribution in [1.82, 2.24) is 14.9 Å². The topological polar surface area (TPSA) is 78.3 Å². The Hall–Kier alpha value is -1.73. The molecule has 1 saturated heterocycles. The molecule has 2 N–H and O–H groups in total. The average molecular weight is 306 g/mol. The molecular formula is C14H18N4O2S. The summed E-state index contributed by atoms with van der Waals surface area (Å²) in [5.74, 6) is -0.168. The van der Waals surface area contributed by atoms with Crippen LogP contribution in [0.1, 0.15) is 28.1 Å². The van der Waals surface area contributed by atoms with E-state index in [-0.39, 0.29) is 0 Å². The van der Waals surface area contributed by atoms with Crippen LogP contribution in [0.25, 0.3) is 10.2 Å². The van der Waals surface area contributed by atoms with Crippen LogP contribution in [0, 0.1) is 6.92 Å². The van der Waals surface area contributed by atoms with E-state index < -0.39 is 5.97 Å². The minimum Gasteiger partial charge on any atom is -0.477 e. The second-order valence-corrected chi connectivity index (χ2v) is 6.42. The van der Waals surface area contributed by atoms with E-state index in [4.69, 9.17) is 0 Å². The lowest BCUT2D eigenvalue weighted by Gasteiger charge is -2.20. The molecule has 21 heavy (non-hydrogen) atoms. The highest BCUT2D eigenvalue weighted by atomic mass is 32.1. The predicted molar refractivity (Wildman–Crippen MR) is 83.3 cm³/mol. The first-order chi connectivity index (χ1) is 10.1. The first-order valence-electron chi connectivity index (χ1n) is 6.99. The van der Waals surface area contributed by atoms with E-state index in [2.05, 4.69) is 27.2 Å². The molecule has 6 nitrogen and oxygen atoms in total. The normalized spacial score (nSPS) is 19.2. The van der Waals surface area contributed by atoms with Gasteiger partial charge >= 0.3 is 5.97 Å². The van der Waals surface area contributed by atoms with Gasteiger partial charge in [-0.15, -0.1) is 11.3 Å². The number of likely N-dealkylation sites (tertiary alicyclic amines) is 1. The third-order valence-electron chi connectivity index (χ3n) is 4.10. The molecule has 3 heterocycles. The Balaban J connectivity index is 1.89. The molecule has 0 saturated carbocycles. The summed E-state index contributed by atoms with van der Waals surface area (Å²) in [4.78, 5) is 23.1. The van der Waals surface area contributed by atoms with Crippen molar-refractivity contribution < 1.29 is 9.90 Å². The molecule has 3 rings (SSSR count). The van der Waals surface area contributed by atoms with E-state index in [1.54, 1.807) is 0 Å². The van der Waals surface area contributed by atoms with E-state index >= 15 is 0 Å². The van der Waals surface area contributed by atoms with Gasteiger partial charge in [0.1, 0.15) is 21.9 Å². The van der Waals surface area contributed by atoms with Gasteiger partial charge in [-0.1, -0.05) is 0 Å². The van der Waals surface area contributed by atoms with Gasteiger partial charge in [0.15, 0.2) is 0 Å². The van der Waals surface area contributed by atoms with Crippen LogP contribution in [0.15, 0.2) is 6.33 Å². The lowest BCUT2D eigenvalue weighted by molar-refractivity contribution is 0.0701. The van der Waals surface area contributed by atoms with Gasteiger partial charge in [-0.05, 0) is 38.9 Å². The molecule has 0 bridgehead atoms. The number of aromatic carboxylic acids is 1. The molecule has 2 aromatic rings. The van der Waals surface area contributed by atoms with Crippen LogP contribution < -0.4 is 5.32 Å². The molecule has 1 aliphatic rings. The summed E-state index contributed by atoms with van der Waals surface area (Å²) in [6.45, 7) is 3.77. The van der Waals surface area contributed by atoms with Crippen LogP contribution >= 0.6 is 11.3 Å². The Bertz CT molecular complexity index is 685. The lowest BCUT2D eigenvalue weighted by Crippen LogP contribution is -2.31. The van der Waals surface area contributed by atoms with E-state index in [0.717, 1.165) is 34.7 Å². The van der Waals surface area contributed by atoms with Crippen molar-refractivity contribution in [3.8, 4) is 0 Å². The van der Waals surface area contributed by atoms with Gasteiger partial charge in [-0.25, -0.2) is 14.8 Å². The molecule has 0 aliphatic carbocycles. The number of carboxylic acids is 1. The van der Waals surface area contributed by atoms with Gasteiger partial charge < -0.3 is 15.3 Å². The highest BCUT2D eigenvalue weighted by Gasteiger charge is 2.22. The van der Waals surface area contributed by atoms with Crippen LogP contribution in [0.4, 0.5) is 5.82 Å². The number of anilines is 1. The summed E-state index contributed by atoms with van der Waals surface area (Å²) in [7, 11) is 2.13. The number of nitrogens with one attached hydrogen (secondary N) is 1. The molecule has 1 unspecified atom stereocenters. The summed E-state index contributed by atoms with van der Waals surface area (Å²) in [6, 6.07) is 0.507. The van der Waals surface area contributed by atoms with Gasteiger partial charge in [0.05, 0.1) is 5.39 Å². The Morgan fingerprint density at radius 1 is 1.57 bits per heavy atom. The van der Waals surface area contributed by atoms with Crippen molar-refractivity contribution in [2.45, 2.75) is 25.8 Å². The SMILES string of the molecule is Cc1c(C(=O)O)sc2ncnc(NCC3CCCN3C)c12. The van der Waals surface area contributed by atoms with Crippen molar-refractivity contribution in [2.75, 3.05) is 25.5 Å². The van der Waals surface area contributed by atoms with Crippen molar-refractivity contribution in [2.24, 2.45) is 0 Å². The fourth-order valence-corrected chi connectivity index (χ4v) is 3.85. The second-order valence-electron chi connectivity index (χ2n) is 5.42. The molecule has 0 amide bonds. The Kier molecular flexibility index (Phi) is 3.77. The number of carboxylic acid groups (broad SMARTS) is 1. The van der Waals surface area contributed by atoms with Crippen molar-refractivity contribution in [1.29, 1.82) is 0 Å². The molecule has 0 radical (unpaired) electrons. The highest BCUT2D eigenvalue weighted by molar-refractivity contribution is 7.20. The summed E-state index contributed by atoms with van der Waals surface area (Å²) >= 11 is 1.20. The van der Waals surface area contributed by atoms with E-state index in [0.29, 0.717) is 10.9 Å². The lowest BCUT2D eigenvalue weighted by atomic mass is 10.2. The standard InChI is InChI=1S/C14H18N4O2S/c1-8-10-12(15-6-9-4-3-5-18(9)2)16-7-17-13(10)21-11(8)14(19)20/h7,9H,3-6H2,1-2H3,(H,19,20)(H,15,16,17). The number of nitrogens with zero attached hydrogens (tertiary/aromatic N) is 3. The predicted octanol–water partition coefficient (Wildman–Crippen LogP) is 2.20. The molecule has 112 valence electrons. The van der Waals surface area contributed by atoms with Crippen molar-refractivity contribution in [3.63, 3.8) is 0 Å². The van der Waals surface area contributed by atoms with Crippen molar-refractivity contribution in [3.05, 3.63) is 16.8 Å². The number of thiophene rings is 1. The zero-order chi connectivity index (χ0) is 15.0. The highest BCUT2D eigenvalue weighted by Crippen LogP contribution is 2.33. The Morgan fingerprint density at radius 3 is 3.05 bits per heavy atom. The fraction of sp³-hybridized carbons (Fsp3) is 0.500. The van der Waals surface area contributed by atoms with E-state index in [1.807, 2.05) is 6.92 Å². The molecule has 2 aromatic heterocycles. The van der Waals surface area contributed by atoms with Gasteiger partial charge in [-0.3, -0.25) is 0 Å². The minimum absolute atomic E-state index is 0.339. The van der Waals surface area contributed by atoms with Crippen LogP contribution in [-0.4, -0.2) is 52.1 Å². The van der Waals surface area contributed by atoms with Crippen LogP contribution in [-0.2, 0) is 0 Å². The molecule has 1 aliphatic heterocycles. The first kappa shape index (κ1) is 14.2. The monoisotopic (exact) mass is 306 g/mol. The van der Waals surface area contributed by atoms with Gasteiger partial charge in [0, 0.05) is 12.6 Å². The number of carbonyl (C=O) groups is 1. The third kappa shape index (κ3) is 2.58. The third-order valence-corrected chi connectivity index (χ3v) is 5.29. The maximum atomic E-state index is 11.2. The second kappa shape index (κ2) is 5.57.